The number of nitrogens with two attached hydrogens (primary N) is 1. The largest absolute Gasteiger partial charge is 0.389 e. The Morgan fingerprint density at radius 2 is 1.83 bits per heavy atom. The van der Waals surface area contributed by atoms with Crippen LogP contribution in [-0.2, 0) is 9.84 Å². The monoisotopic (exact) mass is 191 g/mol. The molecule has 0 atom stereocenters. The van der Waals surface area contributed by atoms with E-state index in [0.29, 0.717) is 12.8 Å². The second-order valence-corrected chi connectivity index (χ2v) is 6.38. The van der Waals surface area contributed by atoms with Crippen LogP contribution in [0.25, 0.3) is 0 Å². The number of aliphatic hydroxyl groups is 1. The maximum atomic E-state index is 10.9. The molecular weight excluding hydrogens is 178 g/mol. The average Bonchev–Trinajstić information content (AvgIpc) is 1.80. The van der Waals surface area contributed by atoms with Crippen molar-refractivity contribution in [2.24, 2.45) is 11.1 Å². The zero-order valence-electron chi connectivity index (χ0n) is 6.78. The first-order valence-corrected chi connectivity index (χ1v) is 5.84. The Hall–Kier alpha value is -0.130. The molecule has 1 saturated heterocycles. The lowest BCUT2D eigenvalue weighted by Crippen LogP contribution is -2.66. The summed E-state index contributed by atoms with van der Waals surface area (Å²) in [6.07, 6.45) is 1.13. The van der Waals surface area contributed by atoms with Gasteiger partial charge in [0.05, 0.1) is 17.1 Å². The first-order chi connectivity index (χ1) is 5.39. The van der Waals surface area contributed by atoms with Gasteiger partial charge in [-0.3, -0.25) is 0 Å². The summed E-state index contributed by atoms with van der Waals surface area (Å²) < 4.78 is 21.8. The zero-order chi connectivity index (χ0) is 9.04. The molecule has 2 fully saturated rings. The molecule has 1 aliphatic carbocycles. The number of rotatable bonds is 1. The van der Waals surface area contributed by atoms with Gasteiger partial charge in [0.2, 0.25) is 0 Å². The molecule has 70 valence electrons. The van der Waals surface area contributed by atoms with Crippen LogP contribution in [0.1, 0.15) is 12.8 Å². The fraction of sp³-hybridized carbons (Fsp3) is 1.00. The van der Waals surface area contributed by atoms with Crippen LogP contribution in [0.4, 0.5) is 0 Å². The fourth-order valence-electron chi connectivity index (χ4n) is 2.58. The summed E-state index contributed by atoms with van der Waals surface area (Å²) in [4.78, 5) is 0. The summed E-state index contributed by atoms with van der Waals surface area (Å²) in [5.41, 5.74) is 4.46. The maximum Gasteiger partial charge on any atom is 0.151 e. The maximum absolute atomic E-state index is 10.9. The van der Waals surface area contributed by atoms with Crippen LogP contribution in [0.15, 0.2) is 0 Å². The first-order valence-electron chi connectivity index (χ1n) is 4.02. The van der Waals surface area contributed by atoms with Gasteiger partial charge in [0.1, 0.15) is 0 Å². The normalized spacial score (nSPS) is 33.8. The van der Waals surface area contributed by atoms with E-state index in [2.05, 4.69) is 0 Å². The molecule has 1 heterocycles. The van der Waals surface area contributed by atoms with Crippen molar-refractivity contribution in [3.63, 3.8) is 0 Å². The van der Waals surface area contributed by atoms with Crippen LogP contribution in [0, 0.1) is 5.41 Å². The molecule has 12 heavy (non-hydrogen) atoms. The Kier molecular flexibility index (Phi) is 1.43. The van der Waals surface area contributed by atoms with Crippen LogP contribution in [0.5, 0.6) is 0 Å². The summed E-state index contributed by atoms with van der Waals surface area (Å²) in [6, 6.07) is 0. The zero-order valence-corrected chi connectivity index (χ0v) is 7.60. The summed E-state index contributed by atoms with van der Waals surface area (Å²) >= 11 is 0. The van der Waals surface area contributed by atoms with E-state index >= 15 is 0 Å². The minimum atomic E-state index is -2.76. The Labute approximate surface area is 71.7 Å². The van der Waals surface area contributed by atoms with Gasteiger partial charge in [-0.1, -0.05) is 0 Å². The number of hydrogen-bond donors (Lipinski definition) is 2. The summed E-state index contributed by atoms with van der Waals surface area (Å²) in [5, 5.41) is 9.57. The number of sulfone groups is 1. The minimum absolute atomic E-state index is 0.104. The minimum Gasteiger partial charge on any atom is -0.389 e. The van der Waals surface area contributed by atoms with Gasteiger partial charge in [-0.25, -0.2) is 8.42 Å². The molecule has 4 nitrogen and oxygen atoms in total. The molecule has 0 aromatic carbocycles. The molecule has 0 aromatic rings. The van der Waals surface area contributed by atoms with Crippen LogP contribution in [0.2, 0.25) is 0 Å². The highest BCUT2D eigenvalue weighted by Crippen LogP contribution is 2.54. The van der Waals surface area contributed by atoms with Gasteiger partial charge in [0.15, 0.2) is 9.84 Å². The van der Waals surface area contributed by atoms with E-state index in [0.717, 1.165) is 0 Å². The molecule has 2 rings (SSSR count). The van der Waals surface area contributed by atoms with Crippen LogP contribution < -0.4 is 5.73 Å². The Morgan fingerprint density at radius 1 is 1.33 bits per heavy atom. The highest BCUT2D eigenvalue weighted by Gasteiger charge is 2.61. The van der Waals surface area contributed by atoms with Gasteiger partial charge >= 0.3 is 0 Å². The summed E-state index contributed by atoms with van der Waals surface area (Å²) in [5.74, 6) is 0.505. The molecule has 0 bridgehead atoms. The van der Waals surface area contributed by atoms with Crippen molar-refractivity contribution in [3.05, 3.63) is 0 Å². The second kappa shape index (κ2) is 2.02. The van der Waals surface area contributed by atoms with Crippen molar-refractivity contribution in [2.75, 3.05) is 18.1 Å². The Balaban J connectivity index is 1.99. The molecule has 1 aliphatic heterocycles. The van der Waals surface area contributed by atoms with Gasteiger partial charge in [-0.15, -0.1) is 0 Å². The van der Waals surface area contributed by atoms with E-state index in [1.807, 2.05) is 0 Å². The van der Waals surface area contributed by atoms with Gasteiger partial charge in [0, 0.05) is 12.0 Å². The van der Waals surface area contributed by atoms with E-state index in [1.54, 1.807) is 0 Å². The van der Waals surface area contributed by atoms with Gasteiger partial charge in [0.25, 0.3) is 0 Å². The second-order valence-electron chi connectivity index (χ2n) is 4.31. The molecule has 2 aliphatic rings. The lowest BCUT2D eigenvalue weighted by molar-refractivity contribution is -0.107. The summed E-state index contributed by atoms with van der Waals surface area (Å²) in [7, 11) is -2.76. The van der Waals surface area contributed by atoms with Crippen LogP contribution in [0.3, 0.4) is 0 Å². The molecule has 1 saturated carbocycles. The van der Waals surface area contributed by atoms with Crippen molar-refractivity contribution >= 4 is 9.84 Å². The lowest BCUT2D eigenvalue weighted by Gasteiger charge is -2.57. The Morgan fingerprint density at radius 3 is 2.17 bits per heavy atom. The van der Waals surface area contributed by atoms with Crippen molar-refractivity contribution in [1.82, 2.24) is 0 Å². The molecular formula is C7H13NO3S. The highest BCUT2D eigenvalue weighted by atomic mass is 32.2. The fourth-order valence-corrected chi connectivity index (χ4v) is 4.77. The third kappa shape index (κ3) is 1.08. The molecule has 1 spiro atoms. The molecule has 0 aromatic heterocycles. The van der Waals surface area contributed by atoms with Crippen molar-refractivity contribution in [2.45, 2.75) is 18.4 Å². The predicted octanol–water partition coefficient (Wildman–Crippen LogP) is -1.12. The smallest absolute Gasteiger partial charge is 0.151 e. The molecule has 0 unspecified atom stereocenters. The summed E-state index contributed by atoms with van der Waals surface area (Å²) in [6.45, 7) is 0.245. The van der Waals surface area contributed by atoms with E-state index in [-0.39, 0.29) is 23.5 Å². The molecule has 3 N–H and O–H groups in total. The third-order valence-corrected chi connectivity index (χ3v) is 4.94. The quantitative estimate of drug-likeness (QED) is 0.550. The average molecular weight is 191 g/mol. The molecule has 5 heteroatoms. The SMILES string of the molecule is NCC1(O)CC2(C1)CS(=O)(=O)C2. The van der Waals surface area contributed by atoms with E-state index in [9.17, 15) is 13.5 Å². The van der Waals surface area contributed by atoms with Crippen LogP contribution >= 0.6 is 0 Å². The lowest BCUT2D eigenvalue weighted by atomic mass is 9.60. The van der Waals surface area contributed by atoms with Crippen molar-refractivity contribution in [1.29, 1.82) is 0 Å². The highest BCUT2D eigenvalue weighted by molar-refractivity contribution is 7.92. The first kappa shape index (κ1) is 8.47. The van der Waals surface area contributed by atoms with Crippen molar-refractivity contribution < 1.29 is 13.5 Å². The van der Waals surface area contributed by atoms with E-state index < -0.39 is 15.4 Å². The van der Waals surface area contributed by atoms with Crippen molar-refractivity contribution in [3.8, 4) is 0 Å². The predicted molar refractivity (Wildman–Crippen MR) is 44.3 cm³/mol. The third-order valence-electron chi connectivity index (χ3n) is 2.84. The van der Waals surface area contributed by atoms with Gasteiger partial charge in [-0.05, 0) is 12.8 Å². The van der Waals surface area contributed by atoms with E-state index in [4.69, 9.17) is 5.73 Å². The molecule has 0 amide bonds. The number of hydrogen-bond acceptors (Lipinski definition) is 4. The van der Waals surface area contributed by atoms with Gasteiger partial charge < -0.3 is 10.8 Å². The van der Waals surface area contributed by atoms with E-state index in [1.165, 1.54) is 0 Å². The van der Waals surface area contributed by atoms with Crippen LogP contribution in [-0.4, -0.2) is 37.2 Å². The standard InChI is InChI=1S/C7H13NO3S/c8-3-7(9)1-6(2-7)4-12(10,11)5-6/h9H,1-5,8H2. The Bertz CT molecular complexity index is 289. The topological polar surface area (TPSA) is 80.4 Å². The van der Waals surface area contributed by atoms with Gasteiger partial charge in [-0.2, -0.15) is 0 Å². The molecule has 0 radical (unpaired) electrons.